The molecule has 1 aliphatic carbocycles. The number of nitrogens with one attached hydrogen (secondary N) is 1. The van der Waals surface area contributed by atoms with Crippen molar-refractivity contribution in [2.45, 2.75) is 51.7 Å². The van der Waals surface area contributed by atoms with Crippen LogP contribution in [0, 0.1) is 5.92 Å². The Bertz CT molecular complexity index is 130. The summed E-state index contributed by atoms with van der Waals surface area (Å²) in [5, 5.41) is 3.28. The zero-order valence-corrected chi connectivity index (χ0v) is 9.18. The molecule has 1 aliphatic rings. The van der Waals surface area contributed by atoms with E-state index in [0.29, 0.717) is 12.1 Å². The van der Waals surface area contributed by atoms with Crippen molar-refractivity contribution in [1.82, 2.24) is 5.32 Å². The predicted octanol–water partition coefficient (Wildman–Crippen LogP) is 2.19. The summed E-state index contributed by atoms with van der Waals surface area (Å²) < 4.78 is 5.77. The lowest BCUT2D eigenvalue weighted by Crippen LogP contribution is -2.37. The summed E-state index contributed by atoms with van der Waals surface area (Å²) in [6.45, 7) is 5.31. The third kappa shape index (κ3) is 4.10. The molecule has 0 saturated heterocycles. The highest BCUT2D eigenvalue weighted by Gasteiger charge is 2.21. The van der Waals surface area contributed by atoms with E-state index < -0.39 is 0 Å². The van der Waals surface area contributed by atoms with Gasteiger partial charge in [-0.3, -0.25) is 0 Å². The fourth-order valence-electron chi connectivity index (χ4n) is 1.71. The van der Waals surface area contributed by atoms with Crippen molar-refractivity contribution in [3.05, 3.63) is 0 Å². The molecule has 0 radical (unpaired) electrons. The highest BCUT2D eigenvalue weighted by Crippen LogP contribution is 2.32. The minimum atomic E-state index is 0.355. The third-order valence-corrected chi connectivity index (χ3v) is 2.98. The average molecular weight is 185 g/mol. The Morgan fingerprint density at radius 3 is 2.62 bits per heavy atom. The molecule has 13 heavy (non-hydrogen) atoms. The topological polar surface area (TPSA) is 21.3 Å². The maximum absolute atomic E-state index is 5.77. The fourth-order valence-corrected chi connectivity index (χ4v) is 1.71. The van der Waals surface area contributed by atoms with Crippen LogP contribution in [0.3, 0.4) is 0 Å². The van der Waals surface area contributed by atoms with Gasteiger partial charge in [0, 0.05) is 12.6 Å². The molecule has 0 aromatic carbocycles. The Morgan fingerprint density at radius 1 is 1.46 bits per heavy atom. The van der Waals surface area contributed by atoms with Crippen LogP contribution in [0.4, 0.5) is 0 Å². The lowest BCUT2D eigenvalue weighted by Gasteiger charge is -2.22. The molecule has 1 fully saturated rings. The highest BCUT2D eigenvalue weighted by atomic mass is 16.5. The first-order valence-corrected chi connectivity index (χ1v) is 5.56. The molecule has 1 saturated carbocycles. The van der Waals surface area contributed by atoms with E-state index in [0.717, 1.165) is 18.9 Å². The number of likely N-dealkylation sites (N-methyl/N-ethyl adjacent to an activating group) is 1. The molecule has 0 spiro atoms. The molecule has 2 unspecified atom stereocenters. The summed E-state index contributed by atoms with van der Waals surface area (Å²) in [6.07, 6.45) is 5.63. The minimum absolute atomic E-state index is 0.355. The van der Waals surface area contributed by atoms with Crippen LogP contribution in [-0.4, -0.2) is 25.8 Å². The second kappa shape index (κ2) is 5.61. The van der Waals surface area contributed by atoms with E-state index in [1.165, 1.54) is 19.3 Å². The van der Waals surface area contributed by atoms with Gasteiger partial charge in [-0.1, -0.05) is 19.8 Å². The van der Waals surface area contributed by atoms with Gasteiger partial charge in [0.2, 0.25) is 0 Å². The van der Waals surface area contributed by atoms with Crippen molar-refractivity contribution < 1.29 is 4.74 Å². The molecule has 1 N–H and O–H groups in total. The average Bonchev–Trinajstić information content (AvgIpc) is 2.90. The van der Waals surface area contributed by atoms with E-state index in [-0.39, 0.29) is 0 Å². The summed E-state index contributed by atoms with van der Waals surface area (Å²) in [6, 6.07) is 0.513. The second-order valence-electron chi connectivity index (χ2n) is 4.11. The molecule has 0 bridgehead atoms. The Balaban J connectivity index is 2.03. The van der Waals surface area contributed by atoms with Gasteiger partial charge in [0.25, 0.3) is 0 Å². The van der Waals surface area contributed by atoms with Gasteiger partial charge >= 0.3 is 0 Å². The molecule has 0 amide bonds. The van der Waals surface area contributed by atoms with E-state index in [4.69, 9.17) is 4.74 Å². The first-order valence-electron chi connectivity index (χ1n) is 5.56. The number of rotatable bonds is 7. The molecule has 1 rings (SSSR count). The van der Waals surface area contributed by atoms with Gasteiger partial charge in [-0.2, -0.15) is 0 Å². The standard InChI is InChI=1S/C11H23NO/c1-4-11(12-3)9(2)13-8-7-10-5-6-10/h9-12H,4-8H2,1-3H3. The molecule has 0 heterocycles. The Morgan fingerprint density at radius 2 is 2.15 bits per heavy atom. The maximum Gasteiger partial charge on any atom is 0.0699 e. The molecular weight excluding hydrogens is 162 g/mol. The van der Waals surface area contributed by atoms with Gasteiger partial charge in [0.15, 0.2) is 0 Å². The van der Waals surface area contributed by atoms with Crippen molar-refractivity contribution in [1.29, 1.82) is 0 Å². The monoisotopic (exact) mass is 185 g/mol. The lowest BCUT2D eigenvalue weighted by atomic mass is 10.1. The van der Waals surface area contributed by atoms with E-state index in [9.17, 15) is 0 Å². The molecule has 0 aromatic heterocycles. The molecule has 78 valence electrons. The summed E-state index contributed by atoms with van der Waals surface area (Å²) in [4.78, 5) is 0. The van der Waals surface area contributed by atoms with Crippen molar-refractivity contribution in [2.24, 2.45) is 5.92 Å². The van der Waals surface area contributed by atoms with Crippen LogP contribution in [0.1, 0.15) is 39.5 Å². The molecule has 0 aromatic rings. The van der Waals surface area contributed by atoms with E-state index in [2.05, 4.69) is 19.2 Å². The van der Waals surface area contributed by atoms with Crippen LogP contribution in [0.25, 0.3) is 0 Å². The van der Waals surface area contributed by atoms with Gasteiger partial charge < -0.3 is 10.1 Å². The van der Waals surface area contributed by atoms with Gasteiger partial charge in [-0.05, 0) is 32.7 Å². The van der Waals surface area contributed by atoms with Gasteiger partial charge in [-0.25, -0.2) is 0 Å². The SMILES string of the molecule is CCC(NC)C(C)OCCC1CC1. The van der Waals surface area contributed by atoms with Crippen molar-refractivity contribution in [3.8, 4) is 0 Å². The van der Waals surface area contributed by atoms with Crippen LogP contribution < -0.4 is 5.32 Å². The zero-order chi connectivity index (χ0) is 9.68. The predicted molar refractivity (Wildman–Crippen MR) is 55.9 cm³/mol. The summed E-state index contributed by atoms with van der Waals surface area (Å²) in [7, 11) is 2.01. The van der Waals surface area contributed by atoms with Crippen molar-refractivity contribution in [3.63, 3.8) is 0 Å². The van der Waals surface area contributed by atoms with E-state index in [1.807, 2.05) is 7.05 Å². The zero-order valence-electron chi connectivity index (χ0n) is 9.18. The first-order chi connectivity index (χ1) is 6.27. The molecule has 2 nitrogen and oxygen atoms in total. The number of hydrogen-bond acceptors (Lipinski definition) is 2. The third-order valence-electron chi connectivity index (χ3n) is 2.98. The molecule has 2 atom stereocenters. The minimum Gasteiger partial charge on any atom is -0.377 e. The maximum atomic E-state index is 5.77. The first kappa shape index (κ1) is 11.0. The normalized spacial score (nSPS) is 21.5. The van der Waals surface area contributed by atoms with Gasteiger partial charge in [-0.15, -0.1) is 0 Å². The highest BCUT2D eigenvalue weighted by molar-refractivity contribution is 4.74. The fraction of sp³-hybridized carbons (Fsp3) is 1.00. The Labute approximate surface area is 82.0 Å². The van der Waals surface area contributed by atoms with Crippen LogP contribution in [0.2, 0.25) is 0 Å². The van der Waals surface area contributed by atoms with Crippen molar-refractivity contribution in [2.75, 3.05) is 13.7 Å². The van der Waals surface area contributed by atoms with Crippen LogP contribution in [0.15, 0.2) is 0 Å². The van der Waals surface area contributed by atoms with Gasteiger partial charge in [0.1, 0.15) is 0 Å². The van der Waals surface area contributed by atoms with Crippen LogP contribution >= 0.6 is 0 Å². The van der Waals surface area contributed by atoms with E-state index >= 15 is 0 Å². The summed E-state index contributed by atoms with van der Waals surface area (Å²) >= 11 is 0. The number of hydrogen-bond donors (Lipinski definition) is 1. The quantitative estimate of drug-likeness (QED) is 0.656. The van der Waals surface area contributed by atoms with Crippen molar-refractivity contribution >= 4 is 0 Å². The largest absolute Gasteiger partial charge is 0.377 e. The van der Waals surface area contributed by atoms with E-state index in [1.54, 1.807) is 0 Å². The van der Waals surface area contributed by atoms with Crippen LogP contribution in [0.5, 0.6) is 0 Å². The van der Waals surface area contributed by atoms with Crippen LogP contribution in [-0.2, 0) is 4.74 Å². The molecule has 0 aliphatic heterocycles. The second-order valence-corrected chi connectivity index (χ2v) is 4.11. The lowest BCUT2D eigenvalue weighted by molar-refractivity contribution is 0.0363. The number of ether oxygens (including phenoxy) is 1. The smallest absolute Gasteiger partial charge is 0.0699 e. The summed E-state index contributed by atoms with van der Waals surface area (Å²) in [5.74, 6) is 0.988. The van der Waals surface area contributed by atoms with Gasteiger partial charge in [0.05, 0.1) is 6.10 Å². The Hall–Kier alpha value is -0.0800. The Kier molecular flexibility index (Phi) is 4.74. The molecular formula is C11H23NO. The summed E-state index contributed by atoms with van der Waals surface area (Å²) in [5.41, 5.74) is 0. The molecule has 2 heteroatoms.